The number of alkyl halides is 7. The fourth-order valence-corrected chi connectivity index (χ4v) is 5.60. The molecule has 0 unspecified atom stereocenters. The summed E-state index contributed by atoms with van der Waals surface area (Å²) in [6.45, 7) is 3.82. The van der Waals surface area contributed by atoms with E-state index >= 15 is 13.2 Å². The summed E-state index contributed by atoms with van der Waals surface area (Å²) in [6.07, 6.45) is -8.32. The van der Waals surface area contributed by atoms with E-state index in [2.05, 4.69) is 30.2 Å². The van der Waals surface area contributed by atoms with Crippen LogP contribution in [0.4, 0.5) is 51.6 Å². The first-order chi connectivity index (χ1) is 24.2. The number of carbonyl (C=O) groups is 2. The number of nitrogens with one attached hydrogen (secondary N) is 1. The Hall–Kier alpha value is -5.30. The number of rotatable bonds is 6. The number of amides is 2. The van der Waals surface area contributed by atoms with Gasteiger partial charge in [0, 0.05) is 43.5 Å². The summed E-state index contributed by atoms with van der Waals surface area (Å²) < 4.78 is 129. The lowest BCUT2D eigenvalue weighted by molar-refractivity contribution is -0.159. The predicted octanol–water partition coefficient (Wildman–Crippen LogP) is 7.10. The molecule has 2 aliphatic heterocycles. The van der Waals surface area contributed by atoms with E-state index in [1.165, 1.54) is 49.9 Å². The number of aromatic nitrogens is 4. The van der Waals surface area contributed by atoms with Gasteiger partial charge in [0.1, 0.15) is 17.5 Å². The highest BCUT2D eigenvalue weighted by atomic mass is 19.4. The van der Waals surface area contributed by atoms with Crippen molar-refractivity contribution in [2.45, 2.75) is 76.2 Å². The molecule has 1 N–H and O–H groups in total. The number of hydrogen-bond donors (Lipinski definition) is 1. The lowest BCUT2D eigenvalue weighted by atomic mass is 9.99. The summed E-state index contributed by atoms with van der Waals surface area (Å²) in [4.78, 5) is 32.3. The Morgan fingerprint density at radius 1 is 1.04 bits per heavy atom. The molecule has 2 aromatic heterocycles. The average Bonchev–Trinajstić information content (AvgIpc) is 3.72. The third-order valence-corrected chi connectivity index (χ3v) is 8.12. The van der Waals surface area contributed by atoms with Crippen LogP contribution >= 0.6 is 0 Å². The Morgan fingerprint density at radius 3 is 2.33 bits per heavy atom. The molecule has 0 aliphatic carbocycles. The van der Waals surface area contributed by atoms with E-state index in [-0.39, 0.29) is 30.2 Å². The quantitative estimate of drug-likeness (QED) is 0.204. The lowest BCUT2D eigenvalue weighted by Gasteiger charge is -2.30. The highest BCUT2D eigenvalue weighted by molar-refractivity contribution is 6.01. The highest BCUT2D eigenvalue weighted by Gasteiger charge is 2.47. The van der Waals surface area contributed by atoms with E-state index in [0.29, 0.717) is 6.07 Å². The second kappa shape index (κ2) is 13.0. The van der Waals surface area contributed by atoms with Gasteiger partial charge in [-0.3, -0.25) is 4.79 Å². The van der Waals surface area contributed by atoms with Gasteiger partial charge in [0.15, 0.2) is 0 Å². The number of ether oxygens (including phenoxy) is 1. The summed E-state index contributed by atoms with van der Waals surface area (Å²) >= 11 is 0. The highest BCUT2D eigenvalue weighted by Crippen LogP contribution is 2.45. The van der Waals surface area contributed by atoms with Gasteiger partial charge >= 0.3 is 24.2 Å². The maximum absolute atomic E-state index is 16.0. The molecule has 2 aromatic carbocycles. The van der Waals surface area contributed by atoms with Crippen LogP contribution in [0.1, 0.15) is 57.1 Å². The van der Waals surface area contributed by atoms with E-state index in [1.807, 2.05) is 0 Å². The molecule has 0 spiro atoms. The first-order valence-corrected chi connectivity index (χ1v) is 15.7. The molecular weight excluding hydrogens is 714 g/mol. The maximum Gasteiger partial charge on any atom is 0.471 e. The van der Waals surface area contributed by atoms with Crippen LogP contribution in [0.5, 0.6) is 0 Å². The van der Waals surface area contributed by atoms with Crippen molar-refractivity contribution in [2.75, 3.05) is 22.9 Å². The number of anilines is 2. The zero-order chi connectivity index (χ0) is 37.8. The van der Waals surface area contributed by atoms with Gasteiger partial charge < -0.3 is 28.8 Å². The second-order valence-corrected chi connectivity index (χ2v) is 13.2. The Morgan fingerprint density at radius 2 is 1.71 bits per heavy atom. The van der Waals surface area contributed by atoms with Crippen LogP contribution in [0.15, 0.2) is 45.3 Å². The van der Waals surface area contributed by atoms with Crippen molar-refractivity contribution in [3.05, 3.63) is 59.2 Å². The molecule has 278 valence electrons. The second-order valence-electron chi connectivity index (χ2n) is 13.2. The molecule has 1 saturated heterocycles. The molecule has 2 aliphatic rings. The Bertz CT molecular complexity index is 1960. The van der Waals surface area contributed by atoms with Crippen molar-refractivity contribution in [1.29, 1.82) is 0 Å². The monoisotopic (exact) mass is 743 g/mol. The van der Waals surface area contributed by atoms with Gasteiger partial charge in [0.2, 0.25) is 11.7 Å². The molecule has 52 heavy (non-hydrogen) atoms. The van der Waals surface area contributed by atoms with Crippen LogP contribution in [-0.4, -0.2) is 63.0 Å². The Balaban J connectivity index is 1.37. The van der Waals surface area contributed by atoms with E-state index in [1.54, 1.807) is 0 Å². The minimum atomic E-state index is -4.88. The van der Waals surface area contributed by atoms with Crippen molar-refractivity contribution < 1.29 is 58.4 Å². The van der Waals surface area contributed by atoms with Gasteiger partial charge in [0.25, 0.3) is 17.7 Å². The van der Waals surface area contributed by atoms with Gasteiger partial charge in [-0.25, -0.2) is 26.7 Å². The fourth-order valence-electron chi connectivity index (χ4n) is 5.60. The van der Waals surface area contributed by atoms with Gasteiger partial charge in [-0.15, -0.1) is 5.10 Å². The number of nitrogens with zero attached hydrogens (tertiary/aromatic N) is 6. The van der Waals surface area contributed by atoms with E-state index in [4.69, 9.17) is 9.15 Å². The number of alkyl carbamates (subject to hydrolysis) is 1. The zero-order valence-electron chi connectivity index (χ0n) is 27.5. The largest absolute Gasteiger partial charge is 0.471 e. The first-order valence-electron chi connectivity index (χ1n) is 15.7. The minimum absolute atomic E-state index is 0.0931. The third-order valence-electron chi connectivity index (χ3n) is 8.12. The summed E-state index contributed by atoms with van der Waals surface area (Å²) in [5.74, 6) is -11.5. The molecule has 4 heterocycles. The minimum Gasteiger partial charge on any atom is -0.444 e. The number of hydrogen-bond acceptors (Lipinski definition) is 10. The molecular formula is C32H29F8N7O5. The number of benzene rings is 2. The molecule has 0 saturated carbocycles. The van der Waals surface area contributed by atoms with Crippen LogP contribution in [0.25, 0.3) is 22.8 Å². The zero-order valence-corrected chi connectivity index (χ0v) is 27.5. The van der Waals surface area contributed by atoms with Crippen molar-refractivity contribution in [3.63, 3.8) is 0 Å². The summed E-state index contributed by atoms with van der Waals surface area (Å²) in [6, 6.07) is 4.66. The van der Waals surface area contributed by atoms with Crippen LogP contribution in [0.2, 0.25) is 0 Å². The SMILES string of the molecule is CC(C)(C)OC(=O)N[C@H]1CC(F)(F)c2cc(F)c(-c3nnc(N4CCC(F)(F)CC4)o3)cc2N(Cc2ccc(-c3noc(C(F)(F)F)n3)cc2)C1=O. The number of halogens is 8. The van der Waals surface area contributed by atoms with Crippen molar-refractivity contribution >= 4 is 23.7 Å². The average molecular weight is 744 g/mol. The van der Waals surface area contributed by atoms with Gasteiger partial charge in [0.05, 0.1) is 17.8 Å². The molecule has 2 amide bonds. The van der Waals surface area contributed by atoms with Crippen LogP contribution in [0.3, 0.4) is 0 Å². The molecule has 4 aromatic rings. The van der Waals surface area contributed by atoms with Crippen LogP contribution < -0.4 is 15.1 Å². The van der Waals surface area contributed by atoms with E-state index in [0.717, 1.165) is 11.0 Å². The molecule has 0 bridgehead atoms. The smallest absolute Gasteiger partial charge is 0.444 e. The number of piperidine rings is 1. The molecule has 1 atom stereocenters. The maximum atomic E-state index is 16.0. The first kappa shape index (κ1) is 36.5. The van der Waals surface area contributed by atoms with Crippen molar-refractivity contribution in [1.82, 2.24) is 25.7 Å². The molecule has 6 rings (SSSR count). The van der Waals surface area contributed by atoms with Crippen LogP contribution in [0, 0.1) is 5.82 Å². The molecule has 1 fully saturated rings. The standard InChI is InChI=1S/C32H29F8N7O5/c1-29(2,3)51-28(49)41-21-14-31(36,37)19-13-20(33)18(24-43-44-27(50-24)46-10-8-30(34,35)9-11-46)12-22(19)47(25(21)48)15-16-4-6-17(7-5-16)23-42-26(52-45-23)32(38,39)40/h4-7,12-13,21H,8-11,14-15H2,1-3H3,(H,41,49)/t21-/m0/s1. The Kier molecular flexibility index (Phi) is 9.15. The van der Waals surface area contributed by atoms with Crippen molar-refractivity contribution in [3.8, 4) is 22.8 Å². The molecule has 20 heteroatoms. The van der Waals surface area contributed by atoms with Gasteiger partial charge in [-0.05, 0) is 38.5 Å². The Labute approximate surface area is 289 Å². The summed E-state index contributed by atoms with van der Waals surface area (Å²) in [5.41, 5.74) is -2.60. The van der Waals surface area contributed by atoms with Gasteiger partial charge in [-0.1, -0.05) is 34.5 Å². The van der Waals surface area contributed by atoms with E-state index < -0.39 is 108 Å². The topological polar surface area (TPSA) is 140 Å². The van der Waals surface area contributed by atoms with Crippen LogP contribution in [-0.2, 0) is 28.2 Å². The lowest BCUT2D eigenvalue weighted by Crippen LogP contribution is -2.49. The third kappa shape index (κ3) is 7.79. The van der Waals surface area contributed by atoms with Crippen molar-refractivity contribution in [2.24, 2.45) is 0 Å². The summed E-state index contributed by atoms with van der Waals surface area (Å²) in [7, 11) is 0. The van der Waals surface area contributed by atoms with Gasteiger partial charge in [-0.2, -0.15) is 18.2 Å². The normalized spacial score (nSPS) is 18.9. The van der Waals surface area contributed by atoms with E-state index in [9.17, 15) is 31.5 Å². The number of carbonyl (C=O) groups excluding carboxylic acids is 2. The number of fused-ring (bicyclic) bond motifs is 1. The molecule has 12 nitrogen and oxygen atoms in total. The summed E-state index contributed by atoms with van der Waals surface area (Å²) in [5, 5.41) is 13.1. The predicted molar refractivity (Wildman–Crippen MR) is 164 cm³/mol. The fraction of sp³-hybridized carbons (Fsp3) is 0.438. The molecule has 0 radical (unpaired) electrons.